The monoisotopic (exact) mass is 289 g/mol. The molecule has 112 valence electrons. The fraction of sp³-hybridized carbons (Fsp3) is 0.538. The van der Waals surface area contributed by atoms with Crippen molar-refractivity contribution in [1.82, 2.24) is 30.4 Å². The Morgan fingerprint density at radius 2 is 1.86 bits per heavy atom. The maximum absolute atomic E-state index is 12.0. The Morgan fingerprint density at radius 3 is 2.52 bits per heavy atom. The fourth-order valence-electron chi connectivity index (χ4n) is 1.89. The molecular weight excluding hydrogens is 270 g/mol. The minimum atomic E-state index is -0.443. The van der Waals surface area contributed by atoms with Crippen molar-refractivity contribution in [3.8, 4) is 0 Å². The van der Waals surface area contributed by atoms with Crippen LogP contribution in [-0.4, -0.2) is 36.3 Å². The molecule has 0 aliphatic rings. The third kappa shape index (κ3) is 3.59. The fourth-order valence-corrected chi connectivity index (χ4v) is 1.89. The molecule has 21 heavy (non-hydrogen) atoms. The summed E-state index contributed by atoms with van der Waals surface area (Å²) in [5, 5.41) is 17.2. The van der Waals surface area contributed by atoms with Crippen molar-refractivity contribution >= 4 is 11.9 Å². The van der Waals surface area contributed by atoms with E-state index in [-0.39, 0.29) is 11.8 Å². The molecule has 0 radical (unpaired) electrons. The zero-order valence-electron chi connectivity index (χ0n) is 12.5. The lowest BCUT2D eigenvalue weighted by molar-refractivity contribution is 0.101. The molecule has 0 saturated heterocycles. The highest BCUT2D eigenvalue weighted by atomic mass is 16.2. The van der Waals surface area contributed by atoms with E-state index in [2.05, 4.69) is 35.7 Å². The van der Waals surface area contributed by atoms with Crippen molar-refractivity contribution in [2.75, 3.05) is 5.32 Å². The van der Waals surface area contributed by atoms with E-state index < -0.39 is 5.91 Å². The van der Waals surface area contributed by atoms with Gasteiger partial charge < -0.3 is 0 Å². The first-order valence-electron chi connectivity index (χ1n) is 7.12. The van der Waals surface area contributed by atoms with Crippen LogP contribution in [0, 0.1) is 0 Å². The highest BCUT2D eigenvalue weighted by Crippen LogP contribution is 2.07. The van der Waals surface area contributed by atoms with Crippen LogP contribution in [0.15, 0.2) is 0 Å². The molecule has 8 heteroatoms. The van der Waals surface area contributed by atoms with Gasteiger partial charge in [0.15, 0.2) is 0 Å². The first-order valence-corrected chi connectivity index (χ1v) is 7.12. The Balaban J connectivity index is 2.11. The van der Waals surface area contributed by atoms with Crippen molar-refractivity contribution in [3.63, 3.8) is 0 Å². The van der Waals surface area contributed by atoms with Crippen LogP contribution in [0.4, 0.5) is 5.95 Å². The van der Waals surface area contributed by atoms with Crippen LogP contribution in [-0.2, 0) is 19.3 Å². The molecule has 2 heterocycles. The molecule has 0 atom stereocenters. The number of aromatic amines is 1. The second-order valence-corrected chi connectivity index (χ2v) is 4.55. The Labute approximate surface area is 122 Å². The summed E-state index contributed by atoms with van der Waals surface area (Å²) >= 11 is 0. The van der Waals surface area contributed by atoms with Crippen LogP contribution >= 0.6 is 0 Å². The molecule has 2 aromatic heterocycles. The van der Waals surface area contributed by atoms with E-state index in [1.165, 1.54) is 0 Å². The molecule has 8 nitrogen and oxygen atoms in total. The topological polar surface area (TPSA) is 109 Å². The highest BCUT2D eigenvalue weighted by molar-refractivity contribution is 6.00. The third-order valence-electron chi connectivity index (χ3n) is 2.96. The molecule has 2 rings (SSSR count). The molecular formula is C13H19N7O. The van der Waals surface area contributed by atoms with Gasteiger partial charge in [-0.1, -0.05) is 20.8 Å². The van der Waals surface area contributed by atoms with E-state index in [9.17, 15) is 4.79 Å². The van der Waals surface area contributed by atoms with Crippen LogP contribution in [0.2, 0.25) is 0 Å². The zero-order valence-corrected chi connectivity index (χ0v) is 12.5. The van der Waals surface area contributed by atoms with Gasteiger partial charge in [-0.3, -0.25) is 15.2 Å². The molecule has 1 amide bonds. The maximum atomic E-state index is 12.0. The number of nitrogens with zero attached hydrogens (tertiary/aromatic N) is 5. The molecule has 0 bridgehead atoms. The van der Waals surface area contributed by atoms with Crippen LogP contribution in [0.1, 0.15) is 55.0 Å². The first-order chi connectivity index (χ1) is 10.2. The number of rotatable bonds is 6. The number of aryl methyl sites for hydroxylation is 3. The van der Waals surface area contributed by atoms with E-state index in [1.807, 2.05) is 20.8 Å². The van der Waals surface area contributed by atoms with E-state index in [0.717, 1.165) is 37.1 Å². The normalized spacial score (nSPS) is 10.6. The van der Waals surface area contributed by atoms with E-state index in [1.54, 1.807) is 0 Å². The average Bonchev–Trinajstić information content (AvgIpc) is 2.96. The lowest BCUT2D eigenvalue weighted by atomic mass is 10.2. The Morgan fingerprint density at radius 1 is 1.10 bits per heavy atom. The van der Waals surface area contributed by atoms with E-state index >= 15 is 0 Å². The summed E-state index contributed by atoms with van der Waals surface area (Å²) in [6.45, 7) is 6.01. The molecule has 0 aliphatic carbocycles. The Kier molecular flexibility index (Phi) is 4.91. The summed E-state index contributed by atoms with van der Waals surface area (Å²) in [5.74, 6) is 0.509. The van der Waals surface area contributed by atoms with Gasteiger partial charge in [0, 0.05) is 6.42 Å². The predicted molar refractivity (Wildman–Crippen MR) is 76.9 cm³/mol. The molecule has 0 saturated carbocycles. The lowest BCUT2D eigenvalue weighted by Crippen LogP contribution is -2.17. The van der Waals surface area contributed by atoms with Gasteiger partial charge in [-0.25, -0.2) is 9.97 Å². The average molecular weight is 289 g/mol. The molecule has 0 fully saturated rings. The standard InChI is InChI=1S/C13H19N7O/c1-4-7-10-15-11(19-18-10)12(21)16-13-14-8(5-2)9(6-3)17-20-13/h4-7H2,1-3H3,(H,15,18,19)(H,14,16,20,21). The number of nitrogens with one attached hydrogen (secondary N) is 2. The van der Waals surface area contributed by atoms with Crippen LogP contribution in [0.5, 0.6) is 0 Å². The highest BCUT2D eigenvalue weighted by Gasteiger charge is 2.15. The number of amides is 1. The lowest BCUT2D eigenvalue weighted by Gasteiger charge is -2.05. The summed E-state index contributed by atoms with van der Waals surface area (Å²) in [6, 6.07) is 0. The van der Waals surface area contributed by atoms with Crippen molar-refractivity contribution in [2.45, 2.75) is 46.5 Å². The number of carbonyl (C=O) groups excluding carboxylic acids is 1. The van der Waals surface area contributed by atoms with E-state index in [4.69, 9.17) is 0 Å². The molecule has 0 aliphatic heterocycles. The van der Waals surface area contributed by atoms with Crippen molar-refractivity contribution in [3.05, 3.63) is 23.0 Å². The zero-order chi connectivity index (χ0) is 15.2. The summed E-state index contributed by atoms with van der Waals surface area (Å²) in [5.41, 5.74) is 1.68. The minimum absolute atomic E-state index is 0.0830. The number of H-pyrrole nitrogens is 1. The van der Waals surface area contributed by atoms with Gasteiger partial charge in [0.05, 0.1) is 11.4 Å². The van der Waals surface area contributed by atoms with Gasteiger partial charge in [-0.2, -0.15) is 0 Å². The van der Waals surface area contributed by atoms with Gasteiger partial charge in [-0.15, -0.1) is 15.3 Å². The quantitative estimate of drug-likeness (QED) is 0.830. The molecule has 0 aromatic carbocycles. The molecule has 0 unspecified atom stereocenters. The van der Waals surface area contributed by atoms with Crippen molar-refractivity contribution in [1.29, 1.82) is 0 Å². The maximum Gasteiger partial charge on any atom is 0.297 e. The van der Waals surface area contributed by atoms with E-state index in [0.29, 0.717) is 5.82 Å². The summed E-state index contributed by atoms with van der Waals surface area (Å²) in [4.78, 5) is 20.4. The van der Waals surface area contributed by atoms with Gasteiger partial charge in [0.2, 0.25) is 11.8 Å². The first kappa shape index (κ1) is 15.0. The summed E-state index contributed by atoms with van der Waals surface area (Å²) in [6.07, 6.45) is 3.19. The van der Waals surface area contributed by atoms with Crippen molar-refractivity contribution in [2.24, 2.45) is 0 Å². The van der Waals surface area contributed by atoms with Crippen molar-refractivity contribution < 1.29 is 4.79 Å². The second kappa shape index (κ2) is 6.87. The Hall–Kier alpha value is -2.38. The Bertz CT molecular complexity index is 623. The van der Waals surface area contributed by atoms with Gasteiger partial charge in [-0.05, 0) is 19.3 Å². The number of aromatic nitrogens is 6. The van der Waals surface area contributed by atoms with Crippen LogP contribution < -0.4 is 5.32 Å². The summed E-state index contributed by atoms with van der Waals surface area (Å²) in [7, 11) is 0. The summed E-state index contributed by atoms with van der Waals surface area (Å²) < 4.78 is 0. The minimum Gasteiger partial charge on any atom is -0.286 e. The smallest absolute Gasteiger partial charge is 0.286 e. The second-order valence-electron chi connectivity index (χ2n) is 4.55. The van der Waals surface area contributed by atoms with Gasteiger partial charge in [0.25, 0.3) is 5.91 Å². The molecule has 0 spiro atoms. The SMILES string of the molecule is CCCc1nc(C(=O)Nc2nnc(CC)c(CC)n2)n[nH]1. The number of carbonyl (C=O) groups is 1. The number of hydrogen-bond donors (Lipinski definition) is 2. The van der Waals surface area contributed by atoms with Crippen LogP contribution in [0.25, 0.3) is 0 Å². The third-order valence-corrected chi connectivity index (χ3v) is 2.96. The molecule has 2 N–H and O–H groups in total. The predicted octanol–water partition coefficient (Wildman–Crippen LogP) is 1.32. The van der Waals surface area contributed by atoms with Crippen LogP contribution in [0.3, 0.4) is 0 Å². The number of anilines is 1. The largest absolute Gasteiger partial charge is 0.297 e. The number of hydrogen-bond acceptors (Lipinski definition) is 6. The van der Waals surface area contributed by atoms with Gasteiger partial charge in [0.1, 0.15) is 5.82 Å². The van der Waals surface area contributed by atoms with Gasteiger partial charge >= 0.3 is 0 Å². The molecule has 2 aromatic rings.